The average Bonchev–Trinajstić information content (AvgIpc) is 3.40. The predicted molar refractivity (Wildman–Crippen MR) is 111 cm³/mol. The molecule has 0 aliphatic carbocycles. The Balaban J connectivity index is 1.27. The molecular formula is C21H24F3N3O3S. The SMILES string of the molecule is O=C(NC1COC(CN2CCN(c3cccc(C(F)(F)F)c3)CC2)C1O)c1cccs1. The highest BCUT2D eigenvalue weighted by Crippen LogP contribution is 2.32. The molecule has 2 aromatic rings. The molecule has 2 N–H and O–H groups in total. The van der Waals surface area contributed by atoms with Crippen LogP contribution in [-0.4, -0.2) is 73.5 Å². The molecule has 1 aromatic heterocycles. The summed E-state index contributed by atoms with van der Waals surface area (Å²) >= 11 is 1.34. The number of alkyl halides is 3. The van der Waals surface area contributed by atoms with Gasteiger partial charge >= 0.3 is 6.18 Å². The van der Waals surface area contributed by atoms with Crippen LogP contribution in [0.2, 0.25) is 0 Å². The Kier molecular flexibility index (Phi) is 6.52. The van der Waals surface area contributed by atoms with E-state index >= 15 is 0 Å². The van der Waals surface area contributed by atoms with Gasteiger partial charge in [0.15, 0.2) is 0 Å². The average molecular weight is 456 g/mol. The maximum atomic E-state index is 13.0. The number of thiophene rings is 1. The van der Waals surface area contributed by atoms with Crippen molar-refractivity contribution in [1.82, 2.24) is 10.2 Å². The molecule has 0 saturated carbocycles. The van der Waals surface area contributed by atoms with E-state index in [1.165, 1.54) is 23.5 Å². The van der Waals surface area contributed by atoms with Gasteiger partial charge in [0.2, 0.25) is 0 Å². The smallest absolute Gasteiger partial charge is 0.388 e. The van der Waals surface area contributed by atoms with Crippen molar-refractivity contribution in [2.45, 2.75) is 24.4 Å². The van der Waals surface area contributed by atoms with Gasteiger partial charge in [0.05, 0.1) is 29.2 Å². The zero-order valence-electron chi connectivity index (χ0n) is 16.7. The van der Waals surface area contributed by atoms with Gasteiger partial charge in [0, 0.05) is 38.4 Å². The van der Waals surface area contributed by atoms with Crippen molar-refractivity contribution in [3.8, 4) is 0 Å². The molecule has 10 heteroatoms. The highest BCUT2D eigenvalue weighted by atomic mass is 32.1. The summed E-state index contributed by atoms with van der Waals surface area (Å²) in [5.41, 5.74) is -0.0893. The number of nitrogens with one attached hydrogen (secondary N) is 1. The van der Waals surface area contributed by atoms with Crippen molar-refractivity contribution in [2.24, 2.45) is 0 Å². The fourth-order valence-corrected chi connectivity index (χ4v) is 4.57. The minimum atomic E-state index is -4.36. The maximum Gasteiger partial charge on any atom is 0.416 e. The van der Waals surface area contributed by atoms with Crippen LogP contribution >= 0.6 is 11.3 Å². The van der Waals surface area contributed by atoms with Crippen LogP contribution in [0.3, 0.4) is 0 Å². The number of aliphatic hydroxyl groups excluding tert-OH is 1. The lowest BCUT2D eigenvalue weighted by Crippen LogP contribution is -2.51. The molecular weight excluding hydrogens is 431 g/mol. The third kappa shape index (κ3) is 5.20. The number of hydrogen-bond acceptors (Lipinski definition) is 6. The van der Waals surface area contributed by atoms with Crippen LogP contribution in [-0.2, 0) is 10.9 Å². The molecule has 168 valence electrons. The van der Waals surface area contributed by atoms with E-state index in [1.54, 1.807) is 18.2 Å². The van der Waals surface area contributed by atoms with E-state index in [4.69, 9.17) is 4.74 Å². The molecule has 0 radical (unpaired) electrons. The van der Waals surface area contributed by atoms with E-state index in [1.807, 2.05) is 10.3 Å². The van der Waals surface area contributed by atoms with Gasteiger partial charge in [-0.3, -0.25) is 9.69 Å². The molecule has 1 aromatic carbocycles. The zero-order chi connectivity index (χ0) is 22.0. The summed E-state index contributed by atoms with van der Waals surface area (Å²) in [5.74, 6) is -0.224. The van der Waals surface area contributed by atoms with Gasteiger partial charge in [-0.05, 0) is 29.6 Å². The van der Waals surface area contributed by atoms with Crippen LogP contribution in [0.1, 0.15) is 15.2 Å². The lowest BCUT2D eigenvalue weighted by molar-refractivity contribution is -0.137. The van der Waals surface area contributed by atoms with Gasteiger partial charge in [0.25, 0.3) is 5.91 Å². The summed E-state index contributed by atoms with van der Waals surface area (Å²) in [6.45, 7) is 3.21. The number of nitrogens with zero attached hydrogens (tertiary/aromatic N) is 2. The fraction of sp³-hybridized carbons (Fsp3) is 0.476. The topological polar surface area (TPSA) is 65.0 Å². The Labute approximate surface area is 182 Å². The third-order valence-electron chi connectivity index (χ3n) is 5.69. The summed E-state index contributed by atoms with van der Waals surface area (Å²) in [5, 5.41) is 15.2. The number of aliphatic hydroxyl groups is 1. The Morgan fingerprint density at radius 2 is 1.97 bits per heavy atom. The molecule has 0 bridgehead atoms. The normalized spacial score (nSPS) is 25.0. The van der Waals surface area contributed by atoms with Crippen LogP contribution in [0, 0.1) is 0 Å². The van der Waals surface area contributed by atoms with Crippen molar-refractivity contribution < 1.29 is 27.8 Å². The summed E-state index contributed by atoms with van der Waals surface area (Å²) in [6.07, 6.45) is -5.59. The van der Waals surface area contributed by atoms with Crippen molar-refractivity contribution >= 4 is 22.9 Å². The van der Waals surface area contributed by atoms with E-state index in [0.29, 0.717) is 43.3 Å². The van der Waals surface area contributed by atoms with Gasteiger partial charge in [-0.25, -0.2) is 0 Å². The first-order valence-corrected chi connectivity index (χ1v) is 11.0. The first-order valence-electron chi connectivity index (χ1n) is 10.1. The number of carbonyl (C=O) groups is 1. The summed E-state index contributed by atoms with van der Waals surface area (Å²) < 4.78 is 44.6. The van der Waals surface area contributed by atoms with Crippen LogP contribution in [0.25, 0.3) is 0 Å². The Morgan fingerprint density at radius 1 is 1.19 bits per heavy atom. The molecule has 0 spiro atoms. The first kappa shape index (κ1) is 22.1. The minimum absolute atomic E-state index is 0.224. The molecule has 2 saturated heterocycles. The van der Waals surface area contributed by atoms with Crippen molar-refractivity contribution in [3.63, 3.8) is 0 Å². The molecule has 2 aliphatic rings. The van der Waals surface area contributed by atoms with E-state index in [0.717, 1.165) is 6.07 Å². The van der Waals surface area contributed by atoms with Crippen molar-refractivity contribution in [2.75, 3.05) is 44.2 Å². The monoisotopic (exact) mass is 455 g/mol. The molecule has 3 unspecified atom stereocenters. The largest absolute Gasteiger partial charge is 0.416 e. The lowest BCUT2D eigenvalue weighted by Gasteiger charge is -2.37. The molecule has 6 nitrogen and oxygen atoms in total. The van der Waals surface area contributed by atoms with Gasteiger partial charge in [-0.15, -0.1) is 11.3 Å². The van der Waals surface area contributed by atoms with Gasteiger partial charge in [-0.2, -0.15) is 13.2 Å². The molecule has 2 fully saturated rings. The standard InChI is InChI=1S/C21H24F3N3O3S/c22-21(23,24)14-3-1-4-15(11-14)27-8-6-26(7-9-27)12-17-19(28)16(13-30-17)25-20(29)18-5-2-10-31-18/h1-5,10-11,16-17,19,28H,6-9,12-13H2,(H,25,29). The minimum Gasteiger partial charge on any atom is -0.388 e. The maximum absolute atomic E-state index is 13.0. The fourth-order valence-electron chi connectivity index (χ4n) is 3.94. The Hall–Kier alpha value is -2.14. The number of halogens is 3. The molecule has 4 rings (SSSR count). The van der Waals surface area contributed by atoms with Crippen molar-refractivity contribution in [1.29, 1.82) is 0 Å². The number of rotatable bonds is 5. The number of carbonyl (C=O) groups excluding carboxylic acids is 1. The van der Waals surface area contributed by atoms with E-state index < -0.39 is 30.0 Å². The second-order valence-electron chi connectivity index (χ2n) is 7.76. The zero-order valence-corrected chi connectivity index (χ0v) is 17.5. The van der Waals surface area contributed by atoms with Crippen LogP contribution in [0.5, 0.6) is 0 Å². The predicted octanol–water partition coefficient (Wildman–Crippen LogP) is 2.45. The number of benzene rings is 1. The van der Waals surface area contributed by atoms with E-state index in [9.17, 15) is 23.1 Å². The first-order chi connectivity index (χ1) is 14.8. The highest BCUT2D eigenvalue weighted by Gasteiger charge is 2.38. The van der Waals surface area contributed by atoms with Crippen LogP contribution < -0.4 is 10.2 Å². The second kappa shape index (κ2) is 9.15. The highest BCUT2D eigenvalue weighted by molar-refractivity contribution is 7.12. The Bertz CT molecular complexity index is 885. The summed E-state index contributed by atoms with van der Waals surface area (Å²) in [6, 6.07) is 8.43. The molecule has 3 heterocycles. The third-order valence-corrected chi connectivity index (χ3v) is 6.56. The Morgan fingerprint density at radius 3 is 2.65 bits per heavy atom. The van der Waals surface area contributed by atoms with Gasteiger partial charge < -0.3 is 20.1 Å². The molecule has 31 heavy (non-hydrogen) atoms. The van der Waals surface area contributed by atoms with Crippen molar-refractivity contribution in [3.05, 3.63) is 52.2 Å². The van der Waals surface area contributed by atoms with E-state index in [2.05, 4.69) is 10.2 Å². The van der Waals surface area contributed by atoms with Gasteiger partial charge in [0.1, 0.15) is 6.10 Å². The number of amides is 1. The molecule has 1 amide bonds. The van der Waals surface area contributed by atoms with Crippen LogP contribution in [0.4, 0.5) is 18.9 Å². The molecule has 2 aliphatic heterocycles. The molecule has 3 atom stereocenters. The second-order valence-corrected chi connectivity index (χ2v) is 8.70. The quantitative estimate of drug-likeness (QED) is 0.725. The van der Waals surface area contributed by atoms with E-state index in [-0.39, 0.29) is 12.5 Å². The lowest BCUT2D eigenvalue weighted by atomic mass is 10.1. The number of hydrogen-bond donors (Lipinski definition) is 2. The number of piperazine rings is 1. The van der Waals surface area contributed by atoms with Crippen LogP contribution in [0.15, 0.2) is 41.8 Å². The number of anilines is 1. The summed E-state index contributed by atoms with van der Waals surface area (Å²) in [7, 11) is 0. The summed E-state index contributed by atoms with van der Waals surface area (Å²) in [4.78, 5) is 16.9. The van der Waals surface area contributed by atoms with Gasteiger partial charge in [-0.1, -0.05) is 12.1 Å². The number of ether oxygens (including phenoxy) is 1.